The molecule has 1 aliphatic heterocycles. The van der Waals surface area contributed by atoms with Crippen molar-refractivity contribution in [3.8, 4) is 5.75 Å². The molecule has 0 saturated carbocycles. The van der Waals surface area contributed by atoms with Gasteiger partial charge in [-0.2, -0.15) is 21.6 Å². The van der Waals surface area contributed by atoms with Gasteiger partial charge in [-0.3, -0.25) is 0 Å². The van der Waals surface area contributed by atoms with Crippen LogP contribution in [0, 0.1) is 6.92 Å². The molecule has 2 aromatic rings. The van der Waals surface area contributed by atoms with Crippen molar-refractivity contribution in [3.05, 3.63) is 29.0 Å². The highest BCUT2D eigenvalue weighted by molar-refractivity contribution is 7.88. The summed E-state index contributed by atoms with van der Waals surface area (Å²) in [6, 6.07) is 1.22. The van der Waals surface area contributed by atoms with E-state index in [1.165, 1.54) is 13.0 Å². The molecule has 1 aromatic carbocycles. The summed E-state index contributed by atoms with van der Waals surface area (Å²) in [5, 5.41) is -0.0528. The SMILES string of the molecule is Cc1c2c(c3occc3c1OS(=O)(=O)C(F)(F)F)C(=O)OC2. The van der Waals surface area contributed by atoms with Gasteiger partial charge in [0, 0.05) is 11.1 Å². The molecule has 0 amide bonds. The van der Waals surface area contributed by atoms with Crippen LogP contribution in [0.4, 0.5) is 13.2 Å². The summed E-state index contributed by atoms with van der Waals surface area (Å²) in [5.74, 6) is -1.22. The Morgan fingerprint density at radius 3 is 2.64 bits per heavy atom. The number of ether oxygens (including phenoxy) is 1. The van der Waals surface area contributed by atoms with E-state index in [4.69, 9.17) is 9.15 Å². The number of esters is 1. The van der Waals surface area contributed by atoms with E-state index >= 15 is 0 Å². The van der Waals surface area contributed by atoms with Crippen molar-refractivity contribution >= 4 is 27.1 Å². The number of carbonyl (C=O) groups is 1. The first-order chi connectivity index (χ1) is 10.1. The fourth-order valence-corrected chi connectivity index (χ4v) is 2.74. The van der Waals surface area contributed by atoms with Crippen LogP contribution in [-0.2, 0) is 21.5 Å². The van der Waals surface area contributed by atoms with Crippen LogP contribution in [0.5, 0.6) is 5.75 Å². The van der Waals surface area contributed by atoms with Gasteiger partial charge in [-0.05, 0) is 13.0 Å². The van der Waals surface area contributed by atoms with Crippen LogP contribution in [0.2, 0.25) is 0 Å². The predicted octanol–water partition coefficient (Wildman–Crippen LogP) is 2.64. The van der Waals surface area contributed by atoms with Crippen molar-refractivity contribution in [2.75, 3.05) is 0 Å². The molecule has 0 fully saturated rings. The van der Waals surface area contributed by atoms with Gasteiger partial charge < -0.3 is 13.3 Å². The highest BCUT2D eigenvalue weighted by Gasteiger charge is 2.49. The van der Waals surface area contributed by atoms with Crippen LogP contribution in [0.15, 0.2) is 16.7 Å². The third kappa shape index (κ3) is 1.94. The summed E-state index contributed by atoms with van der Waals surface area (Å²) in [5.41, 5.74) is -5.27. The molecule has 1 aromatic heterocycles. The first-order valence-corrected chi connectivity index (χ1v) is 7.25. The van der Waals surface area contributed by atoms with Crippen LogP contribution >= 0.6 is 0 Å². The van der Waals surface area contributed by atoms with Gasteiger partial charge in [0.2, 0.25) is 0 Å². The minimum atomic E-state index is -5.84. The van der Waals surface area contributed by atoms with Crippen molar-refractivity contribution in [3.63, 3.8) is 0 Å². The second-order valence-electron chi connectivity index (χ2n) is 4.53. The highest BCUT2D eigenvalue weighted by atomic mass is 32.2. The first kappa shape index (κ1) is 14.7. The van der Waals surface area contributed by atoms with Crippen LogP contribution in [0.3, 0.4) is 0 Å². The number of hydrogen-bond donors (Lipinski definition) is 0. The Morgan fingerprint density at radius 1 is 1.32 bits per heavy atom. The summed E-state index contributed by atoms with van der Waals surface area (Å²) in [6.07, 6.45) is 1.11. The van der Waals surface area contributed by atoms with E-state index in [1.54, 1.807) is 0 Å². The molecule has 22 heavy (non-hydrogen) atoms. The molecular weight excluding hydrogens is 329 g/mol. The van der Waals surface area contributed by atoms with E-state index in [0.717, 1.165) is 6.26 Å². The zero-order chi connectivity index (χ0) is 16.3. The number of carbonyl (C=O) groups excluding carboxylic acids is 1. The minimum absolute atomic E-state index is 0.0528. The van der Waals surface area contributed by atoms with Crippen molar-refractivity contribution in [1.29, 1.82) is 0 Å². The molecule has 0 aliphatic carbocycles. The summed E-state index contributed by atoms with van der Waals surface area (Å²) < 4.78 is 74.1. The van der Waals surface area contributed by atoms with Gasteiger partial charge in [-0.15, -0.1) is 0 Å². The van der Waals surface area contributed by atoms with Gasteiger partial charge >= 0.3 is 21.6 Å². The fourth-order valence-electron chi connectivity index (χ4n) is 2.22. The van der Waals surface area contributed by atoms with Gasteiger partial charge in [-0.25, -0.2) is 4.79 Å². The Labute approximate surface area is 121 Å². The van der Waals surface area contributed by atoms with Crippen LogP contribution in [0.25, 0.3) is 11.0 Å². The number of furan rings is 1. The van der Waals surface area contributed by atoms with Crippen LogP contribution < -0.4 is 4.18 Å². The van der Waals surface area contributed by atoms with Gasteiger partial charge in [0.15, 0.2) is 11.3 Å². The maximum atomic E-state index is 12.5. The molecule has 3 rings (SSSR count). The van der Waals surface area contributed by atoms with E-state index < -0.39 is 27.3 Å². The standard InChI is InChI=1S/C12H7F3O6S/c1-5-7-4-20-11(16)8(7)10-6(2-3-19-10)9(5)21-22(17,18)12(13,14)15/h2-3H,4H2,1H3. The zero-order valence-corrected chi connectivity index (χ0v) is 11.7. The lowest BCUT2D eigenvalue weighted by Gasteiger charge is -2.13. The van der Waals surface area contributed by atoms with Gasteiger partial charge in [0.25, 0.3) is 0 Å². The summed E-state index contributed by atoms with van der Waals surface area (Å²) >= 11 is 0. The Morgan fingerprint density at radius 2 is 2.00 bits per heavy atom. The zero-order valence-electron chi connectivity index (χ0n) is 10.9. The number of rotatable bonds is 2. The molecule has 0 N–H and O–H groups in total. The maximum absolute atomic E-state index is 12.5. The monoisotopic (exact) mass is 336 g/mol. The Bertz CT molecular complexity index is 894. The van der Waals surface area contributed by atoms with Gasteiger partial charge in [0.1, 0.15) is 12.2 Å². The third-order valence-electron chi connectivity index (χ3n) is 3.26. The predicted molar refractivity (Wildman–Crippen MR) is 65.7 cm³/mol. The molecule has 0 radical (unpaired) electrons. The number of hydrogen-bond acceptors (Lipinski definition) is 6. The quantitative estimate of drug-likeness (QED) is 0.476. The average Bonchev–Trinajstić information content (AvgIpc) is 2.99. The van der Waals surface area contributed by atoms with Crippen LogP contribution in [-0.4, -0.2) is 19.9 Å². The maximum Gasteiger partial charge on any atom is 0.534 e. The van der Waals surface area contributed by atoms with Crippen molar-refractivity contribution in [1.82, 2.24) is 0 Å². The van der Waals surface area contributed by atoms with Crippen molar-refractivity contribution < 1.29 is 39.7 Å². The van der Waals surface area contributed by atoms with Crippen LogP contribution in [0.1, 0.15) is 21.5 Å². The number of benzene rings is 1. The summed E-state index contributed by atoms with van der Waals surface area (Å²) in [6.45, 7) is 1.15. The normalized spacial score (nSPS) is 15.0. The third-order valence-corrected chi connectivity index (χ3v) is 4.21. The minimum Gasteiger partial charge on any atom is -0.463 e. The molecule has 10 heteroatoms. The Hall–Kier alpha value is -2.23. The first-order valence-electron chi connectivity index (χ1n) is 5.84. The second kappa shape index (κ2) is 4.38. The summed E-state index contributed by atoms with van der Waals surface area (Å²) in [7, 11) is -5.84. The Kier molecular flexibility index (Phi) is 2.93. The lowest BCUT2D eigenvalue weighted by Crippen LogP contribution is -2.28. The number of halogens is 3. The molecule has 6 nitrogen and oxygen atoms in total. The number of fused-ring (bicyclic) bond motifs is 3. The van der Waals surface area contributed by atoms with E-state index in [1.807, 2.05) is 0 Å². The van der Waals surface area contributed by atoms with E-state index in [2.05, 4.69) is 4.18 Å². The van der Waals surface area contributed by atoms with Crippen molar-refractivity contribution in [2.24, 2.45) is 0 Å². The second-order valence-corrected chi connectivity index (χ2v) is 6.07. The molecule has 0 unspecified atom stereocenters. The van der Waals surface area contributed by atoms with Gasteiger partial charge in [0.05, 0.1) is 11.6 Å². The van der Waals surface area contributed by atoms with E-state index in [0.29, 0.717) is 0 Å². The molecule has 0 bridgehead atoms. The van der Waals surface area contributed by atoms with Gasteiger partial charge in [-0.1, -0.05) is 0 Å². The molecule has 118 valence electrons. The van der Waals surface area contributed by atoms with Crippen molar-refractivity contribution in [2.45, 2.75) is 19.0 Å². The molecule has 0 saturated heterocycles. The highest BCUT2D eigenvalue weighted by Crippen LogP contribution is 2.41. The Balaban J connectivity index is 2.27. The number of alkyl halides is 3. The summed E-state index contributed by atoms with van der Waals surface area (Å²) in [4.78, 5) is 11.7. The lowest BCUT2D eigenvalue weighted by atomic mass is 10.00. The largest absolute Gasteiger partial charge is 0.534 e. The lowest BCUT2D eigenvalue weighted by molar-refractivity contribution is -0.0499. The molecule has 0 atom stereocenters. The topological polar surface area (TPSA) is 82.8 Å². The molecule has 1 aliphatic rings. The number of cyclic esters (lactones) is 1. The van der Waals surface area contributed by atoms with E-state index in [-0.39, 0.29) is 34.3 Å². The smallest absolute Gasteiger partial charge is 0.463 e. The average molecular weight is 336 g/mol. The fraction of sp³-hybridized carbons (Fsp3) is 0.250. The molecule has 2 heterocycles. The molecule has 0 spiro atoms. The van der Waals surface area contributed by atoms with E-state index in [9.17, 15) is 26.4 Å². The molecular formula is C12H7F3O6S.